The lowest BCUT2D eigenvalue weighted by atomic mass is 9.72. The Hall–Kier alpha value is -0.570. The van der Waals surface area contributed by atoms with E-state index in [4.69, 9.17) is 4.99 Å². The highest BCUT2D eigenvalue weighted by molar-refractivity contribution is 5.93. The van der Waals surface area contributed by atoms with Gasteiger partial charge >= 0.3 is 0 Å². The Labute approximate surface area is 124 Å². The zero-order valence-electron chi connectivity index (χ0n) is 13.1. The van der Waals surface area contributed by atoms with Gasteiger partial charge in [0, 0.05) is 12.6 Å². The summed E-state index contributed by atoms with van der Waals surface area (Å²) in [5.41, 5.74) is 0.169. The average Bonchev–Trinajstić information content (AvgIpc) is 2.73. The highest BCUT2D eigenvalue weighted by atomic mass is 15.2. The van der Waals surface area contributed by atoms with Crippen LogP contribution in [0.4, 0.5) is 0 Å². The summed E-state index contributed by atoms with van der Waals surface area (Å²) in [7, 11) is 0. The van der Waals surface area contributed by atoms with Crippen LogP contribution in [0.25, 0.3) is 0 Å². The topological polar surface area (TPSA) is 36.4 Å². The van der Waals surface area contributed by atoms with Gasteiger partial charge in [0.25, 0.3) is 0 Å². The maximum atomic E-state index is 4.92. The first-order valence-corrected chi connectivity index (χ1v) is 8.88. The van der Waals surface area contributed by atoms with Gasteiger partial charge < -0.3 is 10.6 Å². The molecule has 0 amide bonds. The van der Waals surface area contributed by atoms with Gasteiger partial charge in [0.2, 0.25) is 0 Å². The third-order valence-corrected chi connectivity index (χ3v) is 5.74. The fraction of sp³-hybridized carbons (Fsp3) is 0.941. The number of hydrogen-bond donors (Lipinski definition) is 2. The summed E-state index contributed by atoms with van der Waals surface area (Å²) in [6.07, 6.45) is 13.7. The van der Waals surface area contributed by atoms with Crippen molar-refractivity contribution in [2.24, 2.45) is 10.9 Å². The number of rotatable bonds is 1. The number of nitrogens with zero attached hydrogens (tertiary/aromatic N) is 1. The molecule has 2 saturated carbocycles. The van der Waals surface area contributed by atoms with Crippen molar-refractivity contribution in [3.8, 4) is 0 Å². The zero-order valence-corrected chi connectivity index (χ0v) is 13.1. The minimum atomic E-state index is 0.169. The molecule has 20 heavy (non-hydrogen) atoms. The Bertz CT molecular complexity index is 344. The highest BCUT2D eigenvalue weighted by Crippen LogP contribution is 2.35. The molecule has 2 aliphatic carbocycles. The van der Waals surface area contributed by atoms with E-state index in [-0.39, 0.29) is 5.54 Å². The van der Waals surface area contributed by atoms with Gasteiger partial charge in [-0.1, -0.05) is 45.4 Å². The summed E-state index contributed by atoms with van der Waals surface area (Å²) in [5.74, 6) is 2.02. The van der Waals surface area contributed by atoms with Crippen LogP contribution in [0, 0.1) is 5.92 Å². The molecule has 114 valence electrons. The first-order valence-electron chi connectivity index (χ1n) is 8.88. The van der Waals surface area contributed by atoms with Gasteiger partial charge in [0.1, 0.15) is 5.84 Å². The van der Waals surface area contributed by atoms with Crippen LogP contribution < -0.4 is 10.6 Å². The van der Waals surface area contributed by atoms with Crippen LogP contribution in [0.1, 0.15) is 71.1 Å². The Morgan fingerprint density at radius 1 is 1.05 bits per heavy atom. The summed E-state index contributed by atoms with van der Waals surface area (Å²) in [6, 6.07) is 0.669. The van der Waals surface area contributed by atoms with Crippen molar-refractivity contribution in [2.75, 3.05) is 13.1 Å². The van der Waals surface area contributed by atoms with Crippen LogP contribution in [0.2, 0.25) is 0 Å². The van der Waals surface area contributed by atoms with Gasteiger partial charge in [-0.2, -0.15) is 0 Å². The van der Waals surface area contributed by atoms with Crippen molar-refractivity contribution in [3.05, 3.63) is 0 Å². The summed E-state index contributed by atoms with van der Waals surface area (Å²) in [6.45, 7) is 4.42. The molecule has 2 N–H and O–H groups in total. The molecule has 0 saturated heterocycles. The molecule has 2 unspecified atom stereocenters. The largest absolute Gasteiger partial charge is 0.370 e. The van der Waals surface area contributed by atoms with E-state index in [2.05, 4.69) is 17.6 Å². The number of hydrogen-bond acceptors (Lipinski definition) is 3. The minimum Gasteiger partial charge on any atom is -0.370 e. The van der Waals surface area contributed by atoms with Crippen molar-refractivity contribution >= 4 is 5.84 Å². The molecule has 3 rings (SSSR count). The molecule has 0 aromatic heterocycles. The Morgan fingerprint density at radius 2 is 1.80 bits per heavy atom. The molecule has 0 aromatic rings. The van der Waals surface area contributed by atoms with Crippen LogP contribution in [0.5, 0.6) is 0 Å². The summed E-state index contributed by atoms with van der Waals surface area (Å²) in [4.78, 5) is 4.92. The fourth-order valence-electron chi connectivity index (χ4n) is 4.42. The van der Waals surface area contributed by atoms with Crippen molar-refractivity contribution in [3.63, 3.8) is 0 Å². The molecule has 2 fully saturated rings. The normalized spacial score (nSPS) is 36.5. The average molecular weight is 277 g/mol. The number of nitrogens with one attached hydrogen (secondary N) is 2. The fourth-order valence-corrected chi connectivity index (χ4v) is 4.42. The monoisotopic (exact) mass is 277 g/mol. The van der Waals surface area contributed by atoms with Crippen molar-refractivity contribution < 1.29 is 0 Å². The van der Waals surface area contributed by atoms with Crippen molar-refractivity contribution in [1.29, 1.82) is 0 Å². The highest BCUT2D eigenvalue weighted by Gasteiger charge is 2.44. The maximum absolute atomic E-state index is 4.92. The predicted octanol–water partition coefficient (Wildman–Crippen LogP) is 3.25. The molecule has 2 atom stereocenters. The zero-order chi connectivity index (χ0) is 13.8. The molecule has 1 spiro atoms. The second-order valence-electron chi connectivity index (χ2n) is 7.11. The molecular formula is C17H31N3. The molecule has 1 aliphatic heterocycles. The van der Waals surface area contributed by atoms with E-state index in [1.54, 1.807) is 0 Å². The molecule has 3 aliphatic rings. The van der Waals surface area contributed by atoms with Gasteiger partial charge in [-0.3, -0.25) is 4.99 Å². The van der Waals surface area contributed by atoms with E-state index >= 15 is 0 Å². The molecule has 0 aromatic carbocycles. The summed E-state index contributed by atoms with van der Waals surface area (Å²) >= 11 is 0. The van der Waals surface area contributed by atoms with E-state index in [0.29, 0.717) is 12.0 Å². The number of amidine groups is 1. The number of aliphatic imine (C=N–C) groups is 1. The van der Waals surface area contributed by atoms with Crippen LogP contribution in [0.15, 0.2) is 4.99 Å². The van der Waals surface area contributed by atoms with Crippen LogP contribution in [0.3, 0.4) is 0 Å². The van der Waals surface area contributed by atoms with Gasteiger partial charge in [0.15, 0.2) is 0 Å². The molecule has 0 bridgehead atoms. The van der Waals surface area contributed by atoms with E-state index in [1.807, 2.05) is 0 Å². The Kier molecular flexibility index (Phi) is 4.65. The predicted molar refractivity (Wildman–Crippen MR) is 85.3 cm³/mol. The third-order valence-electron chi connectivity index (χ3n) is 5.74. The summed E-state index contributed by atoms with van der Waals surface area (Å²) in [5, 5.41) is 7.72. The van der Waals surface area contributed by atoms with E-state index < -0.39 is 0 Å². The molecule has 3 heteroatoms. The van der Waals surface area contributed by atoms with E-state index in [0.717, 1.165) is 13.1 Å². The first kappa shape index (κ1) is 14.4. The molecule has 1 heterocycles. The van der Waals surface area contributed by atoms with Crippen LogP contribution >= 0.6 is 0 Å². The third kappa shape index (κ3) is 2.88. The van der Waals surface area contributed by atoms with Gasteiger partial charge in [0.05, 0.1) is 12.1 Å². The second kappa shape index (κ2) is 6.46. The Morgan fingerprint density at radius 3 is 2.55 bits per heavy atom. The smallest absolute Gasteiger partial charge is 0.117 e. The van der Waals surface area contributed by atoms with Gasteiger partial charge in [-0.05, 0) is 31.6 Å². The molecule has 3 nitrogen and oxygen atoms in total. The molecular weight excluding hydrogens is 246 g/mol. The lowest BCUT2D eigenvalue weighted by Gasteiger charge is -2.47. The molecule has 0 radical (unpaired) electrons. The first-order chi connectivity index (χ1) is 9.81. The van der Waals surface area contributed by atoms with Gasteiger partial charge in [-0.25, -0.2) is 0 Å². The second-order valence-corrected chi connectivity index (χ2v) is 7.11. The van der Waals surface area contributed by atoms with Crippen molar-refractivity contribution in [2.45, 2.75) is 82.7 Å². The van der Waals surface area contributed by atoms with E-state index in [9.17, 15) is 0 Å². The van der Waals surface area contributed by atoms with Gasteiger partial charge in [-0.15, -0.1) is 0 Å². The SMILES string of the molecule is CC1CCCCC12NCCN=C2NC1CCCCCC1. The lowest BCUT2D eigenvalue weighted by molar-refractivity contribution is 0.212. The van der Waals surface area contributed by atoms with Crippen molar-refractivity contribution in [1.82, 2.24) is 10.6 Å². The van der Waals surface area contributed by atoms with Crippen LogP contribution in [-0.2, 0) is 0 Å². The minimum absolute atomic E-state index is 0.169. The maximum Gasteiger partial charge on any atom is 0.117 e. The van der Waals surface area contributed by atoms with Crippen LogP contribution in [-0.4, -0.2) is 30.5 Å². The summed E-state index contributed by atoms with van der Waals surface area (Å²) < 4.78 is 0. The standard InChI is InChI=1S/C17H31N3/c1-14-8-6-7-11-17(14)16(18-12-13-19-17)20-15-9-4-2-3-5-10-15/h14-15,19H,2-13H2,1H3,(H,18,20). The van der Waals surface area contributed by atoms with E-state index in [1.165, 1.54) is 70.0 Å². The Balaban J connectivity index is 1.73. The quantitative estimate of drug-likeness (QED) is 0.722. The lowest BCUT2D eigenvalue weighted by Crippen LogP contribution is -2.65.